The summed E-state index contributed by atoms with van der Waals surface area (Å²) in [6.45, 7) is 5.87. The average molecular weight is 548 g/mol. The number of anilines is 2. The topological polar surface area (TPSA) is 114 Å². The van der Waals surface area contributed by atoms with Gasteiger partial charge in [0.1, 0.15) is 17.1 Å². The maximum Gasteiger partial charge on any atom is 0.335 e. The molecule has 1 aliphatic heterocycles. The molecule has 39 heavy (non-hydrogen) atoms. The zero-order valence-electron chi connectivity index (χ0n) is 21.5. The minimum absolute atomic E-state index is 0.173. The van der Waals surface area contributed by atoms with Gasteiger partial charge in [-0.15, -0.1) is 0 Å². The minimum Gasteiger partial charge on any atom is -0.494 e. The highest BCUT2D eigenvalue weighted by atomic mass is 35.5. The number of urea groups is 1. The van der Waals surface area contributed by atoms with Gasteiger partial charge >= 0.3 is 6.03 Å². The van der Waals surface area contributed by atoms with Gasteiger partial charge in [-0.2, -0.15) is 0 Å². The van der Waals surface area contributed by atoms with E-state index < -0.39 is 17.8 Å². The molecule has 0 bridgehead atoms. The van der Waals surface area contributed by atoms with Gasteiger partial charge in [-0.25, -0.2) is 9.69 Å². The molecular formula is C29H26ClN3O6. The fourth-order valence-electron chi connectivity index (χ4n) is 3.84. The number of barbiturate groups is 1. The van der Waals surface area contributed by atoms with Crippen molar-refractivity contribution in [3.05, 3.63) is 87.9 Å². The third kappa shape index (κ3) is 6.45. The van der Waals surface area contributed by atoms with E-state index in [1.54, 1.807) is 30.3 Å². The van der Waals surface area contributed by atoms with E-state index in [-0.39, 0.29) is 34.5 Å². The first kappa shape index (κ1) is 27.4. The zero-order valence-corrected chi connectivity index (χ0v) is 22.3. The smallest absolute Gasteiger partial charge is 0.335 e. The quantitative estimate of drug-likeness (QED) is 0.302. The van der Waals surface area contributed by atoms with Crippen LogP contribution in [0.3, 0.4) is 0 Å². The van der Waals surface area contributed by atoms with E-state index in [2.05, 4.69) is 10.6 Å². The van der Waals surface area contributed by atoms with Crippen LogP contribution in [0.2, 0.25) is 5.02 Å². The lowest BCUT2D eigenvalue weighted by molar-refractivity contribution is -0.122. The predicted octanol–water partition coefficient (Wildman–Crippen LogP) is 5.04. The molecule has 3 aromatic rings. The van der Waals surface area contributed by atoms with Crippen LogP contribution in [0.1, 0.15) is 23.6 Å². The Kier molecular flexibility index (Phi) is 8.31. The molecule has 10 heteroatoms. The molecule has 1 fully saturated rings. The van der Waals surface area contributed by atoms with Gasteiger partial charge in [0.05, 0.1) is 17.3 Å². The van der Waals surface area contributed by atoms with Crippen molar-refractivity contribution in [2.24, 2.45) is 0 Å². The van der Waals surface area contributed by atoms with Crippen molar-refractivity contribution in [1.82, 2.24) is 5.32 Å². The van der Waals surface area contributed by atoms with Crippen molar-refractivity contribution >= 4 is 52.8 Å². The first-order chi connectivity index (χ1) is 18.7. The van der Waals surface area contributed by atoms with Gasteiger partial charge in [-0.05, 0) is 86.0 Å². The molecule has 2 N–H and O–H groups in total. The summed E-state index contributed by atoms with van der Waals surface area (Å²) >= 11 is 6.35. The lowest BCUT2D eigenvalue weighted by Crippen LogP contribution is -2.54. The molecule has 0 atom stereocenters. The summed E-state index contributed by atoms with van der Waals surface area (Å²) in [4.78, 5) is 51.3. The number of amides is 5. The molecule has 0 aromatic heterocycles. The summed E-state index contributed by atoms with van der Waals surface area (Å²) < 4.78 is 11.0. The van der Waals surface area contributed by atoms with E-state index in [0.29, 0.717) is 23.6 Å². The van der Waals surface area contributed by atoms with Gasteiger partial charge < -0.3 is 14.8 Å². The number of imide groups is 2. The normalized spacial score (nSPS) is 14.3. The number of rotatable bonds is 8. The number of aryl methyl sites for hydroxylation is 2. The fourth-order valence-corrected chi connectivity index (χ4v) is 4.08. The number of benzene rings is 3. The van der Waals surface area contributed by atoms with Gasteiger partial charge in [0.25, 0.3) is 17.7 Å². The molecule has 9 nitrogen and oxygen atoms in total. The van der Waals surface area contributed by atoms with E-state index in [1.807, 2.05) is 39.0 Å². The largest absolute Gasteiger partial charge is 0.494 e. The van der Waals surface area contributed by atoms with E-state index in [4.69, 9.17) is 21.1 Å². The number of hydrogen-bond acceptors (Lipinski definition) is 6. The highest BCUT2D eigenvalue weighted by molar-refractivity contribution is 6.39. The highest BCUT2D eigenvalue weighted by Crippen LogP contribution is 2.28. The van der Waals surface area contributed by atoms with E-state index in [1.165, 1.54) is 18.2 Å². The van der Waals surface area contributed by atoms with Crippen LogP contribution in [-0.4, -0.2) is 37.0 Å². The molecule has 200 valence electrons. The molecule has 0 aliphatic carbocycles. The molecule has 1 heterocycles. The van der Waals surface area contributed by atoms with Crippen LogP contribution in [0.15, 0.2) is 66.2 Å². The van der Waals surface area contributed by atoms with Crippen molar-refractivity contribution in [2.75, 3.05) is 23.4 Å². The Morgan fingerprint density at radius 1 is 1.00 bits per heavy atom. The lowest BCUT2D eigenvalue weighted by atomic mass is 10.1. The van der Waals surface area contributed by atoms with Crippen LogP contribution in [0.25, 0.3) is 6.08 Å². The molecule has 0 unspecified atom stereocenters. The van der Waals surface area contributed by atoms with Gasteiger partial charge in [-0.3, -0.25) is 19.7 Å². The molecule has 0 saturated carbocycles. The van der Waals surface area contributed by atoms with Gasteiger partial charge in [-0.1, -0.05) is 29.8 Å². The summed E-state index contributed by atoms with van der Waals surface area (Å²) in [5, 5.41) is 5.16. The van der Waals surface area contributed by atoms with Crippen molar-refractivity contribution < 1.29 is 28.7 Å². The molecular weight excluding hydrogens is 522 g/mol. The van der Waals surface area contributed by atoms with E-state index >= 15 is 0 Å². The van der Waals surface area contributed by atoms with E-state index in [9.17, 15) is 19.2 Å². The third-order valence-corrected chi connectivity index (χ3v) is 6.10. The van der Waals surface area contributed by atoms with Crippen LogP contribution in [-0.2, 0) is 14.4 Å². The number of halogens is 1. The van der Waals surface area contributed by atoms with Crippen molar-refractivity contribution in [2.45, 2.75) is 20.8 Å². The van der Waals surface area contributed by atoms with Crippen molar-refractivity contribution in [3.63, 3.8) is 0 Å². The van der Waals surface area contributed by atoms with Crippen LogP contribution < -0.4 is 25.0 Å². The van der Waals surface area contributed by atoms with Gasteiger partial charge in [0, 0.05) is 5.69 Å². The monoisotopic (exact) mass is 547 g/mol. The predicted molar refractivity (Wildman–Crippen MR) is 148 cm³/mol. The summed E-state index contributed by atoms with van der Waals surface area (Å²) in [5.74, 6) is -1.13. The second kappa shape index (κ2) is 11.8. The number of hydrogen-bond donors (Lipinski definition) is 2. The average Bonchev–Trinajstić information content (AvgIpc) is 2.89. The summed E-state index contributed by atoms with van der Waals surface area (Å²) in [5.41, 5.74) is 3.09. The van der Waals surface area contributed by atoms with Gasteiger partial charge in [0.15, 0.2) is 6.61 Å². The summed E-state index contributed by atoms with van der Waals surface area (Å²) in [6, 6.07) is 15.8. The standard InChI is InChI=1S/C29H26ClN3O6/c1-4-38-21-10-8-20(9-11-21)33-28(36)22(27(35)32-29(33)37)14-19-7-12-25(23(30)15-19)39-16-26(34)31-24-13-17(2)5-6-18(24)3/h5-15H,4,16H2,1-3H3,(H,31,34)(H,32,35,37)/b22-14+. The molecule has 5 amide bonds. The molecule has 0 radical (unpaired) electrons. The summed E-state index contributed by atoms with van der Waals surface area (Å²) in [7, 11) is 0. The molecule has 3 aromatic carbocycles. The second-order valence-corrected chi connectivity index (χ2v) is 9.14. The van der Waals surface area contributed by atoms with Crippen LogP contribution in [0.5, 0.6) is 11.5 Å². The van der Waals surface area contributed by atoms with Crippen molar-refractivity contribution in [1.29, 1.82) is 0 Å². The molecule has 1 aliphatic rings. The SMILES string of the molecule is CCOc1ccc(N2C(=O)NC(=O)/C(=C\c3ccc(OCC(=O)Nc4cc(C)ccc4C)c(Cl)c3)C2=O)cc1. The Balaban J connectivity index is 1.47. The Hall–Kier alpha value is -4.63. The molecule has 0 spiro atoms. The zero-order chi connectivity index (χ0) is 28.1. The number of ether oxygens (including phenoxy) is 2. The number of carbonyl (C=O) groups excluding carboxylic acids is 4. The number of carbonyl (C=O) groups is 4. The lowest BCUT2D eigenvalue weighted by Gasteiger charge is -2.26. The Labute approximate surface area is 230 Å². The minimum atomic E-state index is -0.854. The Morgan fingerprint density at radius 3 is 2.44 bits per heavy atom. The van der Waals surface area contributed by atoms with Crippen LogP contribution in [0.4, 0.5) is 16.2 Å². The maximum absolute atomic E-state index is 13.1. The molecule has 4 rings (SSSR count). The van der Waals surface area contributed by atoms with Crippen LogP contribution in [0, 0.1) is 13.8 Å². The van der Waals surface area contributed by atoms with Crippen LogP contribution >= 0.6 is 11.6 Å². The Morgan fingerprint density at radius 2 is 1.74 bits per heavy atom. The van der Waals surface area contributed by atoms with Gasteiger partial charge in [0.2, 0.25) is 0 Å². The first-order valence-electron chi connectivity index (χ1n) is 12.1. The van der Waals surface area contributed by atoms with E-state index in [0.717, 1.165) is 16.0 Å². The Bertz CT molecular complexity index is 1480. The summed E-state index contributed by atoms with van der Waals surface area (Å²) in [6.07, 6.45) is 1.33. The third-order valence-electron chi connectivity index (χ3n) is 5.80. The van der Waals surface area contributed by atoms with Crippen molar-refractivity contribution in [3.8, 4) is 11.5 Å². The highest BCUT2D eigenvalue weighted by Gasteiger charge is 2.36. The first-order valence-corrected chi connectivity index (χ1v) is 12.5. The second-order valence-electron chi connectivity index (χ2n) is 8.73. The molecule has 1 saturated heterocycles. The maximum atomic E-state index is 13.1. The number of nitrogens with one attached hydrogen (secondary N) is 2. The number of nitrogens with zero attached hydrogens (tertiary/aromatic N) is 1. The fraction of sp³-hybridized carbons (Fsp3) is 0.172.